The van der Waals surface area contributed by atoms with Gasteiger partial charge in [0.2, 0.25) is 5.91 Å². The molecule has 0 aliphatic rings. The van der Waals surface area contributed by atoms with Gasteiger partial charge in [-0.05, 0) is 42.5 Å². The molecule has 0 saturated carbocycles. The average molecular weight is 495 g/mol. The normalized spacial score (nSPS) is 12.7. The number of H-pyrrole nitrogens is 1. The van der Waals surface area contributed by atoms with Crippen LogP contribution in [0.1, 0.15) is 17.3 Å². The fraction of sp³-hybridized carbons (Fsp3) is 0.208. The molecule has 0 aliphatic heterocycles. The fourth-order valence-electron chi connectivity index (χ4n) is 3.62. The van der Waals surface area contributed by atoms with E-state index in [1.807, 2.05) is 0 Å². The first-order valence-corrected chi connectivity index (χ1v) is 11.0. The highest BCUT2D eigenvalue weighted by atomic mass is 19.1. The van der Waals surface area contributed by atoms with Gasteiger partial charge in [-0.25, -0.2) is 8.78 Å². The number of hydrogen-bond donors (Lipinski definition) is 4. The zero-order valence-corrected chi connectivity index (χ0v) is 19.2. The SMILES string of the molecule is CC(=O)NCC(O)C(Cn1nccn1)NC(=O)c1cccc(F)c1-c1cc(-c2ccc(F)cc2)n[nH]1. The van der Waals surface area contributed by atoms with E-state index in [0.717, 1.165) is 0 Å². The lowest BCUT2D eigenvalue weighted by atomic mass is 10.0. The molecule has 2 amide bonds. The number of benzene rings is 2. The second-order valence-corrected chi connectivity index (χ2v) is 8.00. The number of nitrogens with one attached hydrogen (secondary N) is 3. The highest BCUT2D eigenvalue weighted by Gasteiger charge is 2.26. The molecule has 36 heavy (non-hydrogen) atoms. The Morgan fingerprint density at radius 2 is 1.83 bits per heavy atom. The topological polar surface area (TPSA) is 138 Å². The highest BCUT2D eigenvalue weighted by Crippen LogP contribution is 2.29. The van der Waals surface area contributed by atoms with Crippen LogP contribution >= 0.6 is 0 Å². The Hall–Kier alpha value is -4.45. The Morgan fingerprint density at radius 1 is 1.11 bits per heavy atom. The zero-order valence-electron chi connectivity index (χ0n) is 19.2. The third kappa shape index (κ3) is 5.78. The van der Waals surface area contributed by atoms with E-state index in [2.05, 4.69) is 31.0 Å². The molecule has 2 aromatic heterocycles. The van der Waals surface area contributed by atoms with Crippen LogP contribution < -0.4 is 10.6 Å². The third-order valence-electron chi connectivity index (χ3n) is 5.41. The van der Waals surface area contributed by atoms with Crippen molar-refractivity contribution in [2.75, 3.05) is 6.54 Å². The maximum atomic E-state index is 15.0. The zero-order chi connectivity index (χ0) is 25.7. The van der Waals surface area contributed by atoms with Gasteiger partial charge in [-0.15, -0.1) is 0 Å². The summed E-state index contributed by atoms with van der Waals surface area (Å²) < 4.78 is 28.2. The summed E-state index contributed by atoms with van der Waals surface area (Å²) in [6, 6.07) is 10.3. The van der Waals surface area contributed by atoms with Crippen LogP contribution in [0.3, 0.4) is 0 Å². The van der Waals surface area contributed by atoms with Gasteiger partial charge in [0.05, 0.1) is 48.0 Å². The van der Waals surface area contributed by atoms with Gasteiger partial charge in [-0.3, -0.25) is 14.7 Å². The van der Waals surface area contributed by atoms with Gasteiger partial charge < -0.3 is 15.7 Å². The number of halogens is 2. The first kappa shape index (κ1) is 24.7. The average Bonchev–Trinajstić information content (AvgIpc) is 3.55. The largest absolute Gasteiger partial charge is 0.389 e. The third-order valence-corrected chi connectivity index (χ3v) is 5.41. The molecule has 2 unspecified atom stereocenters. The summed E-state index contributed by atoms with van der Waals surface area (Å²) >= 11 is 0. The van der Waals surface area contributed by atoms with Crippen molar-refractivity contribution in [2.45, 2.75) is 25.6 Å². The molecule has 0 spiro atoms. The summed E-state index contributed by atoms with van der Waals surface area (Å²) in [6.07, 6.45) is 1.71. The quantitative estimate of drug-likeness (QED) is 0.280. The lowest BCUT2D eigenvalue weighted by molar-refractivity contribution is -0.119. The number of carbonyl (C=O) groups is 2. The Morgan fingerprint density at radius 3 is 2.53 bits per heavy atom. The Labute approximate surface area is 204 Å². The van der Waals surface area contributed by atoms with Gasteiger partial charge in [0, 0.05) is 24.6 Å². The van der Waals surface area contributed by atoms with Crippen molar-refractivity contribution in [3.63, 3.8) is 0 Å². The summed E-state index contributed by atoms with van der Waals surface area (Å²) in [5.74, 6) is -2.08. The fourth-order valence-corrected chi connectivity index (χ4v) is 3.62. The second kappa shape index (κ2) is 10.9. The number of rotatable bonds is 9. The lowest BCUT2D eigenvalue weighted by Gasteiger charge is -2.24. The molecule has 0 aliphatic carbocycles. The molecule has 0 saturated heterocycles. The van der Waals surface area contributed by atoms with E-state index in [1.54, 1.807) is 6.07 Å². The maximum absolute atomic E-state index is 15.0. The van der Waals surface area contributed by atoms with Crippen molar-refractivity contribution in [3.8, 4) is 22.5 Å². The molecule has 0 bridgehead atoms. The molecule has 4 aromatic rings. The van der Waals surface area contributed by atoms with E-state index >= 15 is 0 Å². The summed E-state index contributed by atoms with van der Waals surface area (Å²) in [4.78, 5) is 25.8. The predicted molar refractivity (Wildman–Crippen MR) is 125 cm³/mol. The molecule has 4 N–H and O–H groups in total. The van der Waals surface area contributed by atoms with Crippen LogP contribution in [0.15, 0.2) is 60.9 Å². The van der Waals surface area contributed by atoms with Gasteiger partial charge in [0.1, 0.15) is 11.6 Å². The van der Waals surface area contributed by atoms with Crippen LogP contribution in [-0.2, 0) is 11.3 Å². The number of aromatic amines is 1. The van der Waals surface area contributed by atoms with E-state index in [4.69, 9.17) is 0 Å². The standard InChI is InChI=1S/C24H23F2N7O3/c1-14(34)27-12-22(35)21(13-33-28-9-10-29-33)30-24(36)17-3-2-4-18(26)23(17)20-11-19(31-32-20)15-5-7-16(25)8-6-15/h2-11,21-22,35H,12-13H2,1H3,(H,27,34)(H,30,36)(H,31,32). The lowest BCUT2D eigenvalue weighted by Crippen LogP contribution is -2.50. The van der Waals surface area contributed by atoms with Crippen molar-refractivity contribution >= 4 is 11.8 Å². The predicted octanol–water partition coefficient (Wildman–Crippen LogP) is 1.91. The van der Waals surface area contributed by atoms with Gasteiger partial charge in [0.15, 0.2) is 0 Å². The number of aromatic nitrogens is 5. The number of carbonyl (C=O) groups excluding carboxylic acids is 2. The number of amides is 2. The first-order valence-electron chi connectivity index (χ1n) is 11.0. The van der Waals surface area contributed by atoms with Crippen LogP contribution in [-0.4, -0.2) is 60.8 Å². The summed E-state index contributed by atoms with van der Waals surface area (Å²) in [5.41, 5.74) is 1.25. The maximum Gasteiger partial charge on any atom is 0.252 e. The smallest absolute Gasteiger partial charge is 0.252 e. The van der Waals surface area contributed by atoms with Crippen LogP contribution in [0.2, 0.25) is 0 Å². The molecule has 12 heteroatoms. The van der Waals surface area contributed by atoms with Crippen LogP contribution in [0.5, 0.6) is 0 Å². The van der Waals surface area contributed by atoms with Crippen LogP contribution in [0, 0.1) is 11.6 Å². The summed E-state index contributed by atoms with van der Waals surface area (Å²) in [5, 5.41) is 30.7. The minimum Gasteiger partial charge on any atom is -0.389 e. The van der Waals surface area contributed by atoms with Crippen molar-refractivity contribution in [1.29, 1.82) is 0 Å². The van der Waals surface area contributed by atoms with Crippen molar-refractivity contribution < 1.29 is 23.5 Å². The molecular weight excluding hydrogens is 472 g/mol. The molecule has 2 aromatic carbocycles. The Bertz CT molecular complexity index is 1340. The summed E-state index contributed by atoms with van der Waals surface area (Å²) in [7, 11) is 0. The van der Waals surface area contributed by atoms with Crippen LogP contribution in [0.25, 0.3) is 22.5 Å². The molecule has 10 nitrogen and oxygen atoms in total. The van der Waals surface area contributed by atoms with E-state index in [0.29, 0.717) is 11.3 Å². The van der Waals surface area contributed by atoms with Crippen molar-refractivity contribution in [3.05, 3.63) is 78.1 Å². The van der Waals surface area contributed by atoms with Crippen LogP contribution in [0.4, 0.5) is 8.78 Å². The van der Waals surface area contributed by atoms with Crippen molar-refractivity contribution in [1.82, 2.24) is 35.8 Å². The molecule has 2 atom stereocenters. The van der Waals surface area contributed by atoms with E-state index in [-0.39, 0.29) is 35.8 Å². The van der Waals surface area contributed by atoms with Gasteiger partial charge >= 0.3 is 0 Å². The first-order chi connectivity index (χ1) is 17.3. The monoisotopic (exact) mass is 495 g/mol. The summed E-state index contributed by atoms with van der Waals surface area (Å²) in [6.45, 7) is 1.18. The Kier molecular flexibility index (Phi) is 7.44. The molecule has 0 radical (unpaired) electrons. The second-order valence-electron chi connectivity index (χ2n) is 8.00. The number of aliphatic hydroxyl groups excluding tert-OH is 1. The van der Waals surface area contributed by atoms with E-state index in [9.17, 15) is 23.5 Å². The van der Waals surface area contributed by atoms with Gasteiger partial charge in [0.25, 0.3) is 5.91 Å². The Balaban J connectivity index is 1.61. The van der Waals surface area contributed by atoms with E-state index < -0.39 is 29.7 Å². The molecule has 0 fully saturated rings. The number of hydrogen-bond acceptors (Lipinski definition) is 6. The van der Waals surface area contributed by atoms with Gasteiger partial charge in [-0.1, -0.05) is 6.07 Å². The minimum atomic E-state index is -1.18. The van der Waals surface area contributed by atoms with Crippen molar-refractivity contribution in [2.24, 2.45) is 0 Å². The molecule has 2 heterocycles. The number of nitrogens with zero attached hydrogens (tertiary/aromatic N) is 4. The molecule has 186 valence electrons. The number of aliphatic hydroxyl groups is 1. The van der Waals surface area contributed by atoms with Gasteiger partial charge in [-0.2, -0.15) is 20.1 Å². The molecule has 4 rings (SSSR count). The minimum absolute atomic E-state index is 0.00289. The molecular formula is C24H23F2N7O3. The van der Waals surface area contributed by atoms with E-state index in [1.165, 1.54) is 66.6 Å². The highest BCUT2D eigenvalue weighted by molar-refractivity contribution is 6.01.